The molecule has 0 aliphatic carbocycles. The SMILES string of the molecule is Cc1ccc(S(=O)(=O)c2ccc(Cl)cc2)cc1S(=O)(=O)O. The summed E-state index contributed by atoms with van der Waals surface area (Å²) in [6.45, 7) is 1.46. The Bertz CT molecular complexity index is 885. The van der Waals surface area contributed by atoms with E-state index < -0.39 is 24.9 Å². The molecule has 0 heterocycles. The van der Waals surface area contributed by atoms with Crippen LogP contribution < -0.4 is 0 Å². The first-order valence-corrected chi connectivity index (χ1v) is 9.01. The number of aryl methyl sites for hydroxylation is 1. The van der Waals surface area contributed by atoms with Crippen LogP contribution in [0.4, 0.5) is 0 Å². The topological polar surface area (TPSA) is 88.5 Å². The largest absolute Gasteiger partial charge is 0.294 e. The standard InChI is InChI=1S/C13H11ClO5S2/c1-9-2-5-12(8-13(9)21(17,18)19)20(15,16)11-6-3-10(14)4-7-11/h2-8H,1H3,(H,17,18,19). The summed E-state index contributed by atoms with van der Waals surface area (Å²) in [6.07, 6.45) is 0. The minimum absolute atomic E-state index is 0.0166. The molecule has 2 rings (SSSR count). The Morgan fingerprint density at radius 3 is 1.95 bits per heavy atom. The average molecular weight is 347 g/mol. The second kappa shape index (κ2) is 5.42. The highest BCUT2D eigenvalue weighted by atomic mass is 35.5. The second-order valence-electron chi connectivity index (χ2n) is 4.36. The Labute approximate surface area is 127 Å². The van der Waals surface area contributed by atoms with Crippen LogP contribution >= 0.6 is 11.6 Å². The van der Waals surface area contributed by atoms with Gasteiger partial charge in [-0.25, -0.2) is 8.42 Å². The summed E-state index contributed by atoms with van der Waals surface area (Å²) in [6, 6.07) is 9.04. The van der Waals surface area contributed by atoms with Gasteiger partial charge in [0.25, 0.3) is 10.1 Å². The molecule has 0 radical (unpaired) electrons. The molecule has 0 spiro atoms. The van der Waals surface area contributed by atoms with E-state index in [4.69, 9.17) is 16.2 Å². The van der Waals surface area contributed by atoms with Gasteiger partial charge < -0.3 is 0 Å². The van der Waals surface area contributed by atoms with Crippen LogP contribution in [0.5, 0.6) is 0 Å². The third-order valence-electron chi connectivity index (χ3n) is 2.87. The molecule has 112 valence electrons. The lowest BCUT2D eigenvalue weighted by Gasteiger charge is -2.08. The molecule has 0 saturated heterocycles. The zero-order chi connectivity index (χ0) is 15.8. The Kier molecular flexibility index (Phi) is 4.12. The molecule has 2 aromatic carbocycles. The van der Waals surface area contributed by atoms with Gasteiger partial charge in [0.2, 0.25) is 9.84 Å². The van der Waals surface area contributed by atoms with E-state index in [1.807, 2.05) is 0 Å². The summed E-state index contributed by atoms with van der Waals surface area (Å²) in [4.78, 5) is -0.669. The van der Waals surface area contributed by atoms with Crippen molar-refractivity contribution in [3.63, 3.8) is 0 Å². The van der Waals surface area contributed by atoms with Gasteiger partial charge in [0, 0.05) is 5.02 Å². The van der Waals surface area contributed by atoms with Crippen LogP contribution in [0.2, 0.25) is 5.02 Å². The van der Waals surface area contributed by atoms with Gasteiger partial charge >= 0.3 is 0 Å². The number of rotatable bonds is 3. The number of hydrogen-bond donors (Lipinski definition) is 1. The minimum Gasteiger partial charge on any atom is -0.282 e. The molecule has 8 heteroatoms. The van der Waals surface area contributed by atoms with Crippen LogP contribution in [0.25, 0.3) is 0 Å². The number of hydrogen-bond acceptors (Lipinski definition) is 4. The van der Waals surface area contributed by atoms with Gasteiger partial charge in [-0.2, -0.15) is 8.42 Å². The fourth-order valence-electron chi connectivity index (χ4n) is 1.78. The summed E-state index contributed by atoms with van der Waals surface area (Å²) in [7, 11) is -8.38. The summed E-state index contributed by atoms with van der Waals surface area (Å²) in [5, 5.41) is 0.386. The van der Waals surface area contributed by atoms with Gasteiger partial charge in [0.1, 0.15) is 0 Å². The molecule has 0 unspecified atom stereocenters. The molecule has 1 N–H and O–H groups in total. The Morgan fingerprint density at radius 1 is 0.905 bits per heavy atom. The Morgan fingerprint density at radius 2 is 1.43 bits per heavy atom. The van der Waals surface area contributed by atoms with Crippen molar-refractivity contribution in [1.29, 1.82) is 0 Å². The van der Waals surface area contributed by atoms with E-state index in [-0.39, 0.29) is 15.4 Å². The Balaban J connectivity index is 2.64. The molecule has 0 bridgehead atoms. The predicted octanol–water partition coefficient (Wildman–Crippen LogP) is 2.73. The maximum absolute atomic E-state index is 12.4. The summed E-state index contributed by atoms with van der Waals surface area (Å²) >= 11 is 5.71. The van der Waals surface area contributed by atoms with E-state index in [1.165, 1.54) is 43.3 Å². The van der Waals surface area contributed by atoms with Gasteiger partial charge in [-0.1, -0.05) is 17.7 Å². The Hall–Kier alpha value is -1.41. The van der Waals surface area contributed by atoms with E-state index in [2.05, 4.69) is 0 Å². The zero-order valence-electron chi connectivity index (χ0n) is 10.8. The van der Waals surface area contributed by atoms with Crippen molar-refractivity contribution in [2.24, 2.45) is 0 Å². The fourth-order valence-corrected chi connectivity index (χ4v) is 4.01. The van der Waals surface area contributed by atoms with Crippen LogP contribution in [0.1, 0.15) is 5.56 Å². The van der Waals surface area contributed by atoms with Crippen molar-refractivity contribution in [1.82, 2.24) is 0 Å². The lowest BCUT2D eigenvalue weighted by atomic mass is 10.2. The van der Waals surface area contributed by atoms with Crippen molar-refractivity contribution >= 4 is 31.6 Å². The van der Waals surface area contributed by atoms with E-state index in [9.17, 15) is 16.8 Å². The monoisotopic (exact) mass is 346 g/mol. The first-order chi connectivity index (χ1) is 9.62. The van der Waals surface area contributed by atoms with E-state index in [1.54, 1.807) is 0 Å². The molecular formula is C13H11ClO5S2. The van der Waals surface area contributed by atoms with E-state index in [0.29, 0.717) is 5.02 Å². The van der Waals surface area contributed by atoms with E-state index in [0.717, 1.165) is 6.07 Å². The van der Waals surface area contributed by atoms with Gasteiger partial charge in [-0.3, -0.25) is 4.55 Å². The van der Waals surface area contributed by atoms with Gasteiger partial charge in [0.05, 0.1) is 14.7 Å². The molecule has 0 atom stereocenters. The molecular weight excluding hydrogens is 336 g/mol. The molecule has 0 aliphatic rings. The average Bonchev–Trinajstić information content (AvgIpc) is 2.38. The first kappa shape index (κ1) is 16.0. The maximum Gasteiger partial charge on any atom is 0.294 e. The molecule has 0 saturated carbocycles. The van der Waals surface area contributed by atoms with Crippen LogP contribution in [-0.4, -0.2) is 21.4 Å². The number of sulfone groups is 1. The molecule has 0 aliphatic heterocycles. The van der Waals surface area contributed by atoms with Gasteiger partial charge in [-0.15, -0.1) is 0 Å². The lowest BCUT2D eigenvalue weighted by Crippen LogP contribution is -2.06. The maximum atomic E-state index is 12.4. The van der Waals surface area contributed by atoms with Crippen molar-refractivity contribution in [3.8, 4) is 0 Å². The second-order valence-corrected chi connectivity index (χ2v) is 8.14. The number of benzene rings is 2. The summed E-state index contributed by atoms with van der Waals surface area (Å²) < 4.78 is 56.5. The normalized spacial score (nSPS) is 12.3. The molecule has 0 amide bonds. The fraction of sp³-hybridized carbons (Fsp3) is 0.0769. The van der Waals surface area contributed by atoms with Gasteiger partial charge in [0.15, 0.2) is 0 Å². The molecule has 21 heavy (non-hydrogen) atoms. The van der Waals surface area contributed by atoms with Crippen molar-refractivity contribution in [2.45, 2.75) is 21.6 Å². The van der Waals surface area contributed by atoms with Crippen molar-refractivity contribution in [2.75, 3.05) is 0 Å². The highest BCUT2D eigenvalue weighted by Gasteiger charge is 2.22. The highest BCUT2D eigenvalue weighted by molar-refractivity contribution is 7.91. The molecule has 0 aromatic heterocycles. The third-order valence-corrected chi connectivity index (χ3v) is 5.89. The van der Waals surface area contributed by atoms with Crippen molar-refractivity contribution < 1.29 is 21.4 Å². The van der Waals surface area contributed by atoms with Crippen LogP contribution in [0, 0.1) is 6.92 Å². The van der Waals surface area contributed by atoms with Crippen LogP contribution in [-0.2, 0) is 20.0 Å². The quantitative estimate of drug-likeness (QED) is 0.863. The molecule has 2 aromatic rings. The summed E-state index contributed by atoms with van der Waals surface area (Å²) in [5.74, 6) is 0. The first-order valence-electron chi connectivity index (χ1n) is 5.71. The summed E-state index contributed by atoms with van der Waals surface area (Å²) in [5.41, 5.74) is 0.257. The highest BCUT2D eigenvalue weighted by Crippen LogP contribution is 2.26. The molecule has 0 fully saturated rings. The number of halogens is 1. The molecule has 5 nitrogen and oxygen atoms in total. The minimum atomic E-state index is -4.49. The predicted molar refractivity (Wildman–Crippen MR) is 77.9 cm³/mol. The van der Waals surface area contributed by atoms with Crippen LogP contribution in [0.3, 0.4) is 0 Å². The van der Waals surface area contributed by atoms with Gasteiger partial charge in [-0.05, 0) is 48.9 Å². The van der Waals surface area contributed by atoms with Crippen molar-refractivity contribution in [3.05, 3.63) is 53.1 Å². The van der Waals surface area contributed by atoms with E-state index >= 15 is 0 Å². The lowest BCUT2D eigenvalue weighted by molar-refractivity contribution is 0.482. The zero-order valence-corrected chi connectivity index (χ0v) is 13.2. The van der Waals surface area contributed by atoms with Crippen LogP contribution in [0.15, 0.2) is 57.2 Å². The smallest absolute Gasteiger partial charge is 0.282 e. The third kappa shape index (κ3) is 3.26.